The van der Waals surface area contributed by atoms with Gasteiger partial charge in [0.25, 0.3) is 5.56 Å². The molecule has 5 nitrogen and oxygen atoms in total. The van der Waals surface area contributed by atoms with Crippen LogP contribution in [0.4, 0.5) is 14.9 Å². The molecule has 1 aromatic heterocycles. The van der Waals surface area contributed by atoms with Crippen molar-refractivity contribution in [1.82, 2.24) is 9.47 Å². The Bertz CT molecular complexity index is 685. The number of nitrogens with one attached hydrogen (secondary N) is 1. The number of hydrogen-bond donors (Lipinski definition) is 1. The van der Waals surface area contributed by atoms with Crippen molar-refractivity contribution >= 4 is 11.7 Å². The fraction of sp³-hybridized carbons (Fsp3) is 0.250. The van der Waals surface area contributed by atoms with E-state index in [9.17, 15) is 14.0 Å². The molecular weight excluding hydrogens is 285 g/mol. The fourth-order valence-electron chi connectivity index (χ4n) is 1.98. The zero-order valence-corrected chi connectivity index (χ0v) is 12.3. The number of alkyl halides is 1. The summed E-state index contributed by atoms with van der Waals surface area (Å²) in [6.45, 7) is -0.225. The van der Waals surface area contributed by atoms with Crippen molar-refractivity contribution in [2.45, 2.75) is 6.54 Å². The van der Waals surface area contributed by atoms with E-state index in [0.717, 1.165) is 5.56 Å². The van der Waals surface area contributed by atoms with Crippen molar-refractivity contribution in [2.24, 2.45) is 0 Å². The Morgan fingerprint density at radius 2 is 1.95 bits per heavy atom. The number of benzene rings is 1. The first-order chi connectivity index (χ1) is 10.6. The molecular formula is C16H18FN3O2. The van der Waals surface area contributed by atoms with Gasteiger partial charge < -0.3 is 14.8 Å². The summed E-state index contributed by atoms with van der Waals surface area (Å²) in [7, 11) is 1.47. The van der Waals surface area contributed by atoms with Crippen LogP contribution in [0.1, 0.15) is 5.56 Å². The number of carbonyl (C=O) groups is 1. The van der Waals surface area contributed by atoms with Crippen molar-refractivity contribution in [3.63, 3.8) is 0 Å². The molecule has 0 atom stereocenters. The van der Waals surface area contributed by atoms with Gasteiger partial charge in [-0.15, -0.1) is 0 Å². The third kappa shape index (κ3) is 3.94. The van der Waals surface area contributed by atoms with E-state index in [1.54, 1.807) is 12.3 Å². The molecule has 0 saturated heterocycles. The van der Waals surface area contributed by atoms with Crippen LogP contribution >= 0.6 is 0 Å². The van der Waals surface area contributed by atoms with Crippen molar-refractivity contribution in [2.75, 3.05) is 25.6 Å². The highest BCUT2D eigenvalue weighted by Crippen LogP contribution is 2.04. The van der Waals surface area contributed by atoms with Crippen LogP contribution in [0.15, 0.2) is 53.5 Å². The number of halogens is 1. The van der Waals surface area contributed by atoms with Crippen LogP contribution in [0.3, 0.4) is 0 Å². The minimum absolute atomic E-state index is 0.0170. The first-order valence-corrected chi connectivity index (χ1v) is 6.93. The normalized spacial score (nSPS) is 10.3. The van der Waals surface area contributed by atoms with Gasteiger partial charge in [-0.2, -0.15) is 0 Å². The quantitative estimate of drug-likeness (QED) is 0.921. The summed E-state index contributed by atoms with van der Waals surface area (Å²) in [6, 6.07) is 12.3. The van der Waals surface area contributed by atoms with Crippen LogP contribution in [0.5, 0.6) is 0 Å². The van der Waals surface area contributed by atoms with Crippen molar-refractivity contribution in [3.05, 3.63) is 64.6 Å². The number of urea groups is 1. The lowest BCUT2D eigenvalue weighted by atomic mass is 10.2. The van der Waals surface area contributed by atoms with Gasteiger partial charge in [-0.25, -0.2) is 9.18 Å². The number of hydrogen-bond acceptors (Lipinski definition) is 2. The Hall–Kier alpha value is -2.63. The van der Waals surface area contributed by atoms with E-state index in [0.29, 0.717) is 6.54 Å². The molecule has 0 aliphatic carbocycles. The van der Waals surface area contributed by atoms with Gasteiger partial charge in [0.1, 0.15) is 12.4 Å². The number of anilines is 1. The molecule has 116 valence electrons. The third-order valence-corrected chi connectivity index (χ3v) is 3.22. The lowest BCUT2D eigenvalue weighted by Crippen LogP contribution is -2.35. The van der Waals surface area contributed by atoms with Crippen LogP contribution in [0, 0.1) is 0 Å². The average molecular weight is 303 g/mol. The van der Waals surface area contributed by atoms with Gasteiger partial charge in [-0.05, 0) is 17.7 Å². The van der Waals surface area contributed by atoms with Gasteiger partial charge in [-0.3, -0.25) is 4.79 Å². The van der Waals surface area contributed by atoms with E-state index in [1.165, 1.54) is 22.6 Å². The number of pyridine rings is 1. The highest BCUT2D eigenvalue weighted by Gasteiger charge is 2.11. The summed E-state index contributed by atoms with van der Waals surface area (Å²) < 4.78 is 13.8. The largest absolute Gasteiger partial charge is 0.325 e. The molecule has 0 saturated carbocycles. The second-order valence-corrected chi connectivity index (χ2v) is 4.88. The SMILES string of the molecule is CN(CCF)C(=O)Nc1cccn(Cc2ccccc2)c1=O. The summed E-state index contributed by atoms with van der Waals surface area (Å²) in [5.41, 5.74) is 0.866. The Kier molecular flexibility index (Phi) is 5.30. The van der Waals surface area contributed by atoms with Crippen LogP contribution in [0.25, 0.3) is 0 Å². The molecule has 1 aromatic carbocycles. The van der Waals surface area contributed by atoms with Crippen molar-refractivity contribution in [1.29, 1.82) is 0 Å². The predicted molar refractivity (Wildman–Crippen MR) is 83.9 cm³/mol. The summed E-state index contributed by atoms with van der Waals surface area (Å²) in [4.78, 5) is 25.4. The minimum atomic E-state index is -0.628. The highest BCUT2D eigenvalue weighted by molar-refractivity contribution is 5.88. The second-order valence-electron chi connectivity index (χ2n) is 4.88. The fourth-order valence-corrected chi connectivity index (χ4v) is 1.98. The molecule has 0 fully saturated rings. The maximum absolute atomic E-state index is 12.3. The molecule has 22 heavy (non-hydrogen) atoms. The first-order valence-electron chi connectivity index (χ1n) is 6.93. The van der Waals surface area contributed by atoms with Gasteiger partial charge in [0.05, 0.1) is 13.1 Å². The van der Waals surface area contributed by atoms with Crippen molar-refractivity contribution in [3.8, 4) is 0 Å². The molecule has 6 heteroatoms. The van der Waals surface area contributed by atoms with E-state index in [4.69, 9.17) is 0 Å². The summed E-state index contributed by atoms with van der Waals surface area (Å²) in [5.74, 6) is 0. The third-order valence-electron chi connectivity index (χ3n) is 3.22. The monoisotopic (exact) mass is 303 g/mol. The van der Waals surface area contributed by atoms with Crippen LogP contribution in [-0.4, -0.2) is 35.8 Å². The molecule has 0 aliphatic rings. The zero-order chi connectivity index (χ0) is 15.9. The number of amides is 2. The predicted octanol–water partition coefficient (Wildman–Crippen LogP) is 2.33. The average Bonchev–Trinajstić information content (AvgIpc) is 2.52. The van der Waals surface area contributed by atoms with Gasteiger partial charge in [-0.1, -0.05) is 30.3 Å². The first kappa shape index (κ1) is 15.8. The smallest absolute Gasteiger partial charge is 0.321 e. The van der Waals surface area contributed by atoms with Crippen LogP contribution < -0.4 is 10.9 Å². The Labute approximate surface area is 128 Å². The van der Waals surface area contributed by atoms with Gasteiger partial charge in [0.2, 0.25) is 0 Å². The molecule has 0 bridgehead atoms. The van der Waals surface area contributed by atoms with Crippen LogP contribution in [-0.2, 0) is 6.54 Å². The molecule has 2 amide bonds. The van der Waals surface area contributed by atoms with Gasteiger partial charge in [0.15, 0.2) is 0 Å². The molecule has 0 spiro atoms. The van der Waals surface area contributed by atoms with Crippen molar-refractivity contribution < 1.29 is 9.18 Å². The number of aromatic nitrogens is 1. The lowest BCUT2D eigenvalue weighted by Gasteiger charge is -2.16. The molecule has 2 aromatic rings. The number of carbonyl (C=O) groups excluding carboxylic acids is 1. The molecule has 0 aliphatic heterocycles. The Morgan fingerprint density at radius 1 is 1.23 bits per heavy atom. The summed E-state index contributed by atoms with van der Waals surface area (Å²) in [5, 5.41) is 2.51. The van der Waals surface area contributed by atoms with E-state index in [1.807, 2.05) is 30.3 Å². The summed E-state index contributed by atoms with van der Waals surface area (Å²) >= 11 is 0. The van der Waals surface area contributed by atoms with Gasteiger partial charge >= 0.3 is 6.03 Å². The standard InChI is InChI=1S/C16H18FN3O2/c1-19(11-9-17)16(22)18-14-8-5-10-20(15(14)21)12-13-6-3-2-4-7-13/h2-8,10H,9,11-12H2,1H3,(H,18,22). The number of nitrogens with zero attached hydrogens (tertiary/aromatic N) is 2. The number of rotatable bonds is 5. The molecule has 2 rings (SSSR count). The Balaban J connectivity index is 2.16. The van der Waals surface area contributed by atoms with E-state index in [2.05, 4.69) is 5.32 Å². The molecule has 0 unspecified atom stereocenters. The summed E-state index contributed by atoms with van der Waals surface area (Å²) in [6.07, 6.45) is 1.66. The van der Waals surface area contributed by atoms with E-state index < -0.39 is 12.7 Å². The van der Waals surface area contributed by atoms with Crippen LogP contribution in [0.2, 0.25) is 0 Å². The zero-order valence-electron chi connectivity index (χ0n) is 12.3. The second kappa shape index (κ2) is 7.40. The maximum Gasteiger partial charge on any atom is 0.321 e. The van der Waals surface area contributed by atoms with E-state index >= 15 is 0 Å². The lowest BCUT2D eigenvalue weighted by molar-refractivity contribution is 0.218. The molecule has 1 N–H and O–H groups in total. The molecule has 0 radical (unpaired) electrons. The van der Waals surface area contributed by atoms with E-state index in [-0.39, 0.29) is 17.8 Å². The Morgan fingerprint density at radius 3 is 2.64 bits per heavy atom. The van der Waals surface area contributed by atoms with Gasteiger partial charge in [0, 0.05) is 13.2 Å². The minimum Gasteiger partial charge on any atom is -0.325 e. The molecule has 1 heterocycles. The highest BCUT2D eigenvalue weighted by atomic mass is 19.1. The maximum atomic E-state index is 12.3. The topological polar surface area (TPSA) is 54.3 Å².